The molecule has 0 radical (unpaired) electrons. The third-order valence-corrected chi connectivity index (χ3v) is 4.69. The second-order valence-corrected chi connectivity index (χ2v) is 6.28. The first-order valence-electron chi connectivity index (χ1n) is 8.59. The largest absolute Gasteiger partial charge is 0.338 e. The Morgan fingerprint density at radius 3 is 2.62 bits per heavy atom. The van der Waals surface area contributed by atoms with Crippen molar-refractivity contribution in [3.8, 4) is 0 Å². The van der Waals surface area contributed by atoms with Gasteiger partial charge in [-0.25, -0.2) is 0 Å². The lowest BCUT2D eigenvalue weighted by Crippen LogP contribution is -2.50. The molecule has 2 aromatic rings. The summed E-state index contributed by atoms with van der Waals surface area (Å²) in [5.41, 5.74) is 2.35. The fraction of sp³-hybridized carbons (Fsp3) is 0.500. The van der Waals surface area contributed by atoms with Crippen LogP contribution >= 0.6 is 0 Å². The molecule has 1 aliphatic rings. The average Bonchev–Trinajstić information content (AvgIpc) is 3.12. The smallest absolute Gasteiger partial charge is 0.247 e. The number of rotatable bonds is 5. The van der Waals surface area contributed by atoms with E-state index in [9.17, 15) is 4.79 Å². The normalized spacial score (nSPS) is 17.0. The maximum absolute atomic E-state index is 12.8. The number of piperazine rings is 1. The fourth-order valence-corrected chi connectivity index (χ4v) is 3.17. The highest BCUT2D eigenvalue weighted by atomic mass is 16.2. The monoisotopic (exact) mass is 327 g/mol. The van der Waals surface area contributed by atoms with Crippen LogP contribution < -0.4 is 0 Å². The highest BCUT2D eigenvalue weighted by Gasteiger charge is 2.27. The van der Waals surface area contributed by atoms with Crippen molar-refractivity contribution in [2.75, 3.05) is 26.2 Å². The van der Waals surface area contributed by atoms with Crippen LogP contribution in [0, 0.1) is 6.92 Å². The summed E-state index contributed by atoms with van der Waals surface area (Å²) in [5, 5.41) is 4.23. The third-order valence-electron chi connectivity index (χ3n) is 4.69. The molecule has 2 aromatic heterocycles. The molecule has 24 heavy (non-hydrogen) atoms. The Morgan fingerprint density at radius 2 is 2.00 bits per heavy atom. The van der Waals surface area contributed by atoms with Crippen LogP contribution in [0.15, 0.2) is 36.8 Å². The number of aromatic nitrogens is 3. The van der Waals surface area contributed by atoms with E-state index in [4.69, 9.17) is 0 Å². The SMILES string of the molecule is CC[C@H](C(=O)N1CCN(Cc2ncccc2C)CC1)n1cccn1. The van der Waals surface area contributed by atoms with Crippen molar-refractivity contribution in [3.05, 3.63) is 48.0 Å². The first kappa shape index (κ1) is 16.6. The first-order chi connectivity index (χ1) is 11.7. The molecule has 1 amide bonds. The van der Waals surface area contributed by atoms with Gasteiger partial charge in [-0.1, -0.05) is 13.0 Å². The number of carbonyl (C=O) groups excluding carboxylic acids is 1. The maximum atomic E-state index is 12.8. The van der Waals surface area contributed by atoms with Crippen molar-refractivity contribution in [2.24, 2.45) is 0 Å². The van der Waals surface area contributed by atoms with Crippen molar-refractivity contribution >= 4 is 5.91 Å². The Morgan fingerprint density at radius 1 is 1.21 bits per heavy atom. The molecule has 128 valence electrons. The predicted octanol–water partition coefficient (Wildman–Crippen LogP) is 1.88. The van der Waals surface area contributed by atoms with Gasteiger partial charge in [-0.15, -0.1) is 0 Å². The molecule has 6 nitrogen and oxygen atoms in total. The van der Waals surface area contributed by atoms with E-state index in [-0.39, 0.29) is 11.9 Å². The number of hydrogen-bond acceptors (Lipinski definition) is 4. The molecular formula is C18H25N5O. The second kappa shape index (κ2) is 7.57. The van der Waals surface area contributed by atoms with Crippen LogP contribution in [0.5, 0.6) is 0 Å². The van der Waals surface area contributed by atoms with Crippen molar-refractivity contribution in [1.29, 1.82) is 0 Å². The summed E-state index contributed by atoms with van der Waals surface area (Å²) in [6, 6.07) is 5.74. The minimum atomic E-state index is -0.190. The van der Waals surface area contributed by atoms with Gasteiger partial charge in [0.15, 0.2) is 0 Å². The Bertz CT molecular complexity index is 662. The molecule has 3 heterocycles. The van der Waals surface area contributed by atoms with Crippen LogP contribution in [0.1, 0.15) is 30.6 Å². The zero-order valence-electron chi connectivity index (χ0n) is 14.4. The number of amides is 1. The van der Waals surface area contributed by atoms with Gasteiger partial charge in [-0.05, 0) is 31.0 Å². The van der Waals surface area contributed by atoms with Gasteiger partial charge in [0.25, 0.3) is 0 Å². The lowest BCUT2D eigenvalue weighted by atomic mass is 10.1. The van der Waals surface area contributed by atoms with E-state index in [1.165, 1.54) is 5.56 Å². The number of nitrogens with zero attached hydrogens (tertiary/aromatic N) is 5. The second-order valence-electron chi connectivity index (χ2n) is 6.28. The van der Waals surface area contributed by atoms with Gasteiger partial charge in [0, 0.05) is 51.3 Å². The molecule has 1 saturated heterocycles. The predicted molar refractivity (Wildman–Crippen MR) is 92.4 cm³/mol. The zero-order valence-corrected chi connectivity index (χ0v) is 14.4. The van der Waals surface area contributed by atoms with Gasteiger partial charge in [-0.2, -0.15) is 5.10 Å². The molecule has 0 aromatic carbocycles. The lowest BCUT2D eigenvalue weighted by molar-refractivity contribution is -0.137. The average molecular weight is 327 g/mol. The number of aryl methyl sites for hydroxylation is 1. The van der Waals surface area contributed by atoms with Crippen molar-refractivity contribution < 1.29 is 4.79 Å². The molecule has 1 atom stereocenters. The van der Waals surface area contributed by atoms with Gasteiger partial charge < -0.3 is 4.90 Å². The van der Waals surface area contributed by atoms with Crippen molar-refractivity contribution in [3.63, 3.8) is 0 Å². The molecule has 0 spiro atoms. The molecule has 1 aliphatic heterocycles. The summed E-state index contributed by atoms with van der Waals surface area (Å²) in [4.78, 5) is 21.6. The van der Waals surface area contributed by atoms with E-state index in [0.29, 0.717) is 0 Å². The number of hydrogen-bond donors (Lipinski definition) is 0. The molecule has 6 heteroatoms. The molecule has 1 fully saturated rings. The Kier molecular flexibility index (Phi) is 5.25. The van der Waals surface area contributed by atoms with E-state index >= 15 is 0 Å². The van der Waals surface area contributed by atoms with Crippen LogP contribution in [-0.2, 0) is 11.3 Å². The number of pyridine rings is 1. The highest BCUT2D eigenvalue weighted by molar-refractivity contribution is 5.80. The summed E-state index contributed by atoms with van der Waals surface area (Å²) in [6.07, 6.45) is 6.20. The Hall–Kier alpha value is -2.21. The van der Waals surface area contributed by atoms with Crippen molar-refractivity contribution in [2.45, 2.75) is 32.9 Å². The molecule has 0 aliphatic carbocycles. The van der Waals surface area contributed by atoms with Gasteiger partial charge in [-0.3, -0.25) is 19.4 Å². The van der Waals surface area contributed by atoms with E-state index in [1.807, 2.05) is 36.4 Å². The molecule has 0 saturated carbocycles. The Balaban J connectivity index is 1.56. The summed E-state index contributed by atoms with van der Waals surface area (Å²) >= 11 is 0. The van der Waals surface area contributed by atoms with Crippen LogP contribution in [0.25, 0.3) is 0 Å². The lowest BCUT2D eigenvalue weighted by Gasteiger charge is -2.36. The zero-order chi connectivity index (χ0) is 16.9. The highest BCUT2D eigenvalue weighted by Crippen LogP contribution is 2.16. The van der Waals surface area contributed by atoms with Gasteiger partial charge in [0.1, 0.15) is 6.04 Å². The standard InChI is InChI=1S/C18H25N5O/c1-3-17(23-9-5-8-20-23)18(24)22-12-10-21(11-13-22)14-16-15(2)6-4-7-19-16/h4-9,17H,3,10-14H2,1-2H3/t17-/m1/s1. The van der Waals surface area contributed by atoms with Crippen LogP contribution in [0.4, 0.5) is 0 Å². The summed E-state index contributed by atoms with van der Waals surface area (Å²) in [5.74, 6) is 0.176. The minimum absolute atomic E-state index is 0.176. The topological polar surface area (TPSA) is 54.3 Å². The van der Waals surface area contributed by atoms with E-state index in [1.54, 1.807) is 10.9 Å². The third kappa shape index (κ3) is 3.64. The maximum Gasteiger partial charge on any atom is 0.247 e. The van der Waals surface area contributed by atoms with Crippen LogP contribution in [0.2, 0.25) is 0 Å². The summed E-state index contributed by atoms with van der Waals surface area (Å²) in [7, 11) is 0. The molecule has 3 rings (SSSR count). The Labute approximate surface area is 143 Å². The quantitative estimate of drug-likeness (QED) is 0.841. The molecule has 0 bridgehead atoms. The van der Waals surface area contributed by atoms with Gasteiger partial charge in [0.05, 0.1) is 5.69 Å². The van der Waals surface area contributed by atoms with Crippen LogP contribution in [-0.4, -0.2) is 56.7 Å². The number of carbonyl (C=O) groups is 1. The fourth-order valence-electron chi connectivity index (χ4n) is 3.17. The van der Waals surface area contributed by atoms with Crippen molar-refractivity contribution in [1.82, 2.24) is 24.6 Å². The molecule has 0 unspecified atom stereocenters. The molecule has 0 N–H and O–H groups in total. The minimum Gasteiger partial charge on any atom is -0.338 e. The first-order valence-corrected chi connectivity index (χ1v) is 8.59. The van der Waals surface area contributed by atoms with E-state index in [0.717, 1.165) is 44.8 Å². The van der Waals surface area contributed by atoms with E-state index < -0.39 is 0 Å². The molecular weight excluding hydrogens is 302 g/mol. The van der Waals surface area contributed by atoms with E-state index in [2.05, 4.69) is 28.0 Å². The van der Waals surface area contributed by atoms with Crippen LogP contribution in [0.3, 0.4) is 0 Å². The summed E-state index contributed by atoms with van der Waals surface area (Å²) < 4.78 is 1.77. The summed E-state index contributed by atoms with van der Waals surface area (Å²) in [6.45, 7) is 8.28. The van der Waals surface area contributed by atoms with Gasteiger partial charge in [0.2, 0.25) is 5.91 Å². The van der Waals surface area contributed by atoms with Gasteiger partial charge >= 0.3 is 0 Å².